The standard InChI is InChI=1S/C21H19N5O2S3/c1-12-10-30-21(22-12)24-17(27)11-29-18-8-7-16(25-26-18)19-13(2)23-20(31-19)14-5-4-6-15(9-14)28-3/h4-10H,11H2,1-3H3,(H,22,24,27). The number of carbonyl (C=O) groups excluding carboxylic acids is 1. The van der Waals surface area contributed by atoms with Gasteiger partial charge in [0.2, 0.25) is 5.91 Å². The summed E-state index contributed by atoms with van der Waals surface area (Å²) >= 11 is 4.31. The lowest BCUT2D eigenvalue weighted by atomic mass is 10.2. The summed E-state index contributed by atoms with van der Waals surface area (Å²) in [6.07, 6.45) is 0. The molecule has 0 fully saturated rings. The number of benzene rings is 1. The summed E-state index contributed by atoms with van der Waals surface area (Å²) in [6, 6.07) is 11.6. The Hall–Kier alpha value is -2.82. The number of thiazole rings is 2. The number of aromatic nitrogens is 4. The van der Waals surface area contributed by atoms with Crippen molar-refractivity contribution in [3.05, 3.63) is 53.2 Å². The number of hydrogen-bond donors (Lipinski definition) is 1. The first-order chi connectivity index (χ1) is 15.0. The van der Waals surface area contributed by atoms with E-state index in [2.05, 4.69) is 25.5 Å². The number of carbonyl (C=O) groups is 1. The summed E-state index contributed by atoms with van der Waals surface area (Å²) < 4.78 is 5.31. The van der Waals surface area contributed by atoms with Crippen LogP contribution in [-0.4, -0.2) is 38.9 Å². The van der Waals surface area contributed by atoms with Crippen LogP contribution in [0.2, 0.25) is 0 Å². The van der Waals surface area contributed by atoms with Gasteiger partial charge in [-0.3, -0.25) is 4.79 Å². The molecule has 31 heavy (non-hydrogen) atoms. The van der Waals surface area contributed by atoms with E-state index in [-0.39, 0.29) is 11.7 Å². The molecule has 4 aromatic rings. The van der Waals surface area contributed by atoms with Crippen LogP contribution in [0.25, 0.3) is 21.1 Å². The van der Waals surface area contributed by atoms with Gasteiger partial charge in [0, 0.05) is 10.9 Å². The molecule has 3 heterocycles. The van der Waals surface area contributed by atoms with Crippen LogP contribution >= 0.6 is 34.4 Å². The number of anilines is 1. The zero-order chi connectivity index (χ0) is 21.8. The van der Waals surface area contributed by atoms with Crippen molar-refractivity contribution < 1.29 is 9.53 Å². The highest BCUT2D eigenvalue weighted by molar-refractivity contribution is 7.99. The van der Waals surface area contributed by atoms with Gasteiger partial charge in [-0.1, -0.05) is 23.9 Å². The number of hydrogen-bond acceptors (Lipinski definition) is 9. The average molecular weight is 470 g/mol. The van der Waals surface area contributed by atoms with Gasteiger partial charge in [-0.15, -0.1) is 32.9 Å². The second-order valence-corrected chi connectivity index (χ2v) is 9.41. The second-order valence-electron chi connectivity index (χ2n) is 6.55. The summed E-state index contributed by atoms with van der Waals surface area (Å²) in [5.41, 5.74) is 3.55. The number of thioether (sulfide) groups is 1. The van der Waals surface area contributed by atoms with E-state index in [4.69, 9.17) is 4.74 Å². The number of methoxy groups -OCH3 is 1. The molecule has 0 aliphatic heterocycles. The monoisotopic (exact) mass is 469 g/mol. The SMILES string of the molecule is COc1cccc(-c2nc(C)c(-c3ccc(SCC(=O)Nc4nc(C)cs4)nn3)s2)c1. The van der Waals surface area contributed by atoms with Gasteiger partial charge in [-0.2, -0.15) is 0 Å². The molecule has 3 aromatic heterocycles. The lowest BCUT2D eigenvalue weighted by Gasteiger charge is -2.02. The van der Waals surface area contributed by atoms with Gasteiger partial charge in [-0.25, -0.2) is 9.97 Å². The number of amides is 1. The summed E-state index contributed by atoms with van der Waals surface area (Å²) in [5.74, 6) is 0.917. The molecule has 1 amide bonds. The third-order valence-electron chi connectivity index (χ3n) is 4.20. The number of nitrogens with zero attached hydrogens (tertiary/aromatic N) is 4. The van der Waals surface area contributed by atoms with Gasteiger partial charge < -0.3 is 10.1 Å². The van der Waals surface area contributed by atoms with E-state index in [1.807, 2.05) is 55.6 Å². The summed E-state index contributed by atoms with van der Waals surface area (Å²) in [4.78, 5) is 22.0. The molecule has 0 unspecified atom stereocenters. The van der Waals surface area contributed by atoms with Crippen molar-refractivity contribution in [2.75, 3.05) is 18.2 Å². The second kappa shape index (κ2) is 9.54. The van der Waals surface area contributed by atoms with Crippen LogP contribution in [0.3, 0.4) is 0 Å². The molecule has 0 radical (unpaired) electrons. The molecule has 0 atom stereocenters. The highest BCUT2D eigenvalue weighted by atomic mass is 32.2. The lowest BCUT2D eigenvalue weighted by molar-refractivity contribution is -0.113. The van der Waals surface area contributed by atoms with E-state index >= 15 is 0 Å². The van der Waals surface area contributed by atoms with Crippen molar-refractivity contribution in [2.24, 2.45) is 0 Å². The molecule has 7 nitrogen and oxygen atoms in total. The molecule has 1 N–H and O–H groups in total. The maximum absolute atomic E-state index is 12.1. The zero-order valence-corrected chi connectivity index (χ0v) is 19.5. The molecular weight excluding hydrogens is 450 g/mol. The first kappa shape index (κ1) is 21.4. The van der Waals surface area contributed by atoms with Crippen LogP contribution in [0, 0.1) is 13.8 Å². The Balaban J connectivity index is 1.42. The predicted octanol–water partition coefficient (Wildman–Crippen LogP) is 5.08. The smallest absolute Gasteiger partial charge is 0.236 e. The third-order valence-corrected chi connectivity index (χ3v) is 7.23. The van der Waals surface area contributed by atoms with Gasteiger partial charge in [-0.05, 0) is 38.1 Å². The molecule has 158 valence electrons. The van der Waals surface area contributed by atoms with Crippen molar-refractivity contribution in [3.63, 3.8) is 0 Å². The van der Waals surface area contributed by atoms with Crippen LogP contribution in [0.5, 0.6) is 5.75 Å². The van der Waals surface area contributed by atoms with Gasteiger partial charge in [0.1, 0.15) is 21.5 Å². The van der Waals surface area contributed by atoms with Crippen LogP contribution < -0.4 is 10.1 Å². The molecule has 0 saturated heterocycles. The minimum Gasteiger partial charge on any atom is -0.497 e. The third kappa shape index (κ3) is 5.27. The molecule has 4 rings (SSSR count). The zero-order valence-electron chi connectivity index (χ0n) is 17.1. The number of nitrogens with one attached hydrogen (secondary N) is 1. The normalized spacial score (nSPS) is 10.8. The molecule has 0 aliphatic rings. The van der Waals surface area contributed by atoms with E-state index in [0.717, 1.165) is 38.3 Å². The molecule has 1 aromatic carbocycles. The Kier molecular flexibility index (Phi) is 6.59. The topological polar surface area (TPSA) is 89.9 Å². The van der Waals surface area contributed by atoms with Gasteiger partial charge >= 0.3 is 0 Å². The average Bonchev–Trinajstić information content (AvgIpc) is 3.38. The Morgan fingerprint density at radius 2 is 2.03 bits per heavy atom. The molecule has 0 bridgehead atoms. The summed E-state index contributed by atoms with van der Waals surface area (Å²) in [6.45, 7) is 3.85. The van der Waals surface area contributed by atoms with E-state index < -0.39 is 0 Å². The van der Waals surface area contributed by atoms with E-state index in [0.29, 0.717) is 10.2 Å². The fourth-order valence-electron chi connectivity index (χ4n) is 2.74. The largest absolute Gasteiger partial charge is 0.497 e. The Morgan fingerprint density at radius 3 is 2.74 bits per heavy atom. The number of ether oxygens (including phenoxy) is 1. The van der Waals surface area contributed by atoms with E-state index in [9.17, 15) is 4.79 Å². The fraction of sp³-hybridized carbons (Fsp3) is 0.190. The maximum Gasteiger partial charge on any atom is 0.236 e. The van der Waals surface area contributed by atoms with Crippen molar-refractivity contribution in [1.29, 1.82) is 0 Å². The maximum atomic E-state index is 12.1. The predicted molar refractivity (Wildman–Crippen MR) is 126 cm³/mol. The fourth-order valence-corrected chi connectivity index (χ4v) is 5.08. The van der Waals surface area contributed by atoms with Gasteiger partial charge in [0.25, 0.3) is 0 Å². The lowest BCUT2D eigenvalue weighted by Crippen LogP contribution is -2.14. The quantitative estimate of drug-likeness (QED) is 0.378. The minimum atomic E-state index is -0.119. The molecule has 0 aliphatic carbocycles. The first-order valence-electron chi connectivity index (χ1n) is 9.32. The van der Waals surface area contributed by atoms with Gasteiger partial charge in [0.05, 0.1) is 29.1 Å². The first-order valence-corrected chi connectivity index (χ1v) is 12.0. The van der Waals surface area contributed by atoms with E-state index in [1.165, 1.54) is 23.1 Å². The number of aryl methyl sites for hydroxylation is 2. The Morgan fingerprint density at radius 1 is 1.16 bits per heavy atom. The highest BCUT2D eigenvalue weighted by Crippen LogP contribution is 2.35. The van der Waals surface area contributed by atoms with Crippen molar-refractivity contribution in [1.82, 2.24) is 20.2 Å². The molecular formula is C21H19N5O2S3. The summed E-state index contributed by atoms with van der Waals surface area (Å²) in [7, 11) is 1.65. The van der Waals surface area contributed by atoms with Crippen LogP contribution in [0.15, 0.2) is 46.8 Å². The molecule has 0 saturated carbocycles. The van der Waals surface area contributed by atoms with Crippen molar-refractivity contribution in [3.8, 4) is 26.9 Å². The van der Waals surface area contributed by atoms with E-state index in [1.54, 1.807) is 18.4 Å². The minimum absolute atomic E-state index is 0.119. The molecule has 10 heteroatoms. The summed E-state index contributed by atoms with van der Waals surface area (Å²) in [5, 5.41) is 15.5. The highest BCUT2D eigenvalue weighted by Gasteiger charge is 2.14. The Labute approximate surface area is 192 Å². The van der Waals surface area contributed by atoms with Crippen LogP contribution in [0.4, 0.5) is 5.13 Å². The molecule has 0 spiro atoms. The van der Waals surface area contributed by atoms with Crippen molar-refractivity contribution in [2.45, 2.75) is 18.9 Å². The van der Waals surface area contributed by atoms with Gasteiger partial charge in [0.15, 0.2) is 5.13 Å². The van der Waals surface area contributed by atoms with Crippen LogP contribution in [-0.2, 0) is 4.79 Å². The van der Waals surface area contributed by atoms with Crippen LogP contribution in [0.1, 0.15) is 11.4 Å². The number of rotatable bonds is 7. The van der Waals surface area contributed by atoms with Crippen molar-refractivity contribution >= 4 is 45.5 Å². The Bertz CT molecular complexity index is 1200.